The number of carbonyl (C=O) groups is 2. The Kier molecular flexibility index (Phi) is 6.25. The lowest BCUT2D eigenvalue weighted by Gasteiger charge is -2.32. The van der Waals surface area contributed by atoms with Crippen molar-refractivity contribution in [3.63, 3.8) is 0 Å². The van der Waals surface area contributed by atoms with Gasteiger partial charge in [0.2, 0.25) is 5.91 Å². The van der Waals surface area contributed by atoms with Gasteiger partial charge in [0.05, 0.1) is 0 Å². The molecule has 2 saturated heterocycles. The summed E-state index contributed by atoms with van der Waals surface area (Å²) in [5, 5.41) is 3.11. The topological polar surface area (TPSA) is 52.7 Å². The van der Waals surface area contributed by atoms with Crippen molar-refractivity contribution in [2.45, 2.75) is 38.6 Å². The average Bonchev–Trinajstić information content (AvgIpc) is 3.14. The first-order chi connectivity index (χ1) is 12.6. The van der Waals surface area contributed by atoms with Gasteiger partial charge in [0, 0.05) is 37.2 Å². The molecule has 0 radical (unpaired) electrons. The quantitative estimate of drug-likeness (QED) is 0.875. The zero-order valence-electron chi connectivity index (χ0n) is 15.4. The van der Waals surface area contributed by atoms with Crippen LogP contribution < -0.4 is 5.32 Å². The molecule has 0 unspecified atom stereocenters. The molecule has 142 valence electrons. The van der Waals surface area contributed by atoms with Crippen LogP contribution in [0.1, 0.15) is 43.0 Å². The Balaban J connectivity index is 1.45. The van der Waals surface area contributed by atoms with E-state index in [1.54, 1.807) is 4.90 Å². The molecule has 3 rings (SSSR count). The molecule has 2 fully saturated rings. The van der Waals surface area contributed by atoms with Crippen molar-refractivity contribution < 1.29 is 14.0 Å². The summed E-state index contributed by atoms with van der Waals surface area (Å²) in [6.45, 7) is 6.18. The fourth-order valence-electron chi connectivity index (χ4n) is 4.03. The Labute approximate surface area is 154 Å². The molecule has 2 amide bonds. The first-order valence-electron chi connectivity index (χ1n) is 9.65. The van der Waals surface area contributed by atoms with Gasteiger partial charge in [-0.3, -0.25) is 14.5 Å². The zero-order chi connectivity index (χ0) is 18.5. The highest BCUT2D eigenvalue weighted by atomic mass is 19.1. The number of nitrogens with one attached hydrogen (secondary N) is 1. The molecular formula is C20H28FN3O2. The lowest BCUT2D eigenvalue weighted by atomic mass is 9.95. The highest BCUT2D eigenvalue weighted by Gasteiger charge is 2.29. The van der Waals surface area contributed by atoms with E-state index < -0.39 is 0 Å². The van der Waals surface area contributed by atoms with E-state index in [9.17, 15) is 14.0 Å². The fraction of sp³-hybridized carbons (Fsp3) is 0.600. The number of nitrogens with zero attached hydrogens (tertiary/aromatic N) is 2. The van der Waals surface area contributed by atoms with Gasteiger partial charge in [-0.05, 0) is 63.0 Å². The minimum atomic E-state index is -0.346. The summed E-state index contributed by atoms with van der Waals surface area (Å²) in [5.41, 5.74) is 0.496. The first kappa shape index (κ1) is 18.8. The molecule has 2 aliphatic rings. The van der Waals surface area contributed by atoms with Crippen LogP contribution in [0, 0.1) is 11.7 Å². The molecular weight excluding hydrogens is 333 g/mol. The van der Waals surface area contributed by atoms with Crippen molar-refractivity contribution in [3.8, 4) is 0 Å². The molecule has 1 N–H and O–H groups in total. The normalized spacial score (nSPS) is 21.8. The van der Waals surface area contributed by atoms with Crippen LogP contribution in [0.25, 0.3) is 0 Å². The molecule has 0 saturated carbocycles. The molecule has 0 aromatic heterocycles. The lowest BCUT2D eigenvalue weighted by Crippen LogP contribution is -2.46. The monoisotopic (exact) mass is 361 g/mol. The molecule has 6 heteroatoms. The number of piperidine rings is 1. The predicted octanol–water partition coefficient (Wildman–Crippen LogP) is 2.28. The highest BCUT2D eigenvalue weighted by molar-refractivity contribution is 5.94. The van der Waals surface area contributed by atoms with Crippen LogP contribution in [0.5, 0.6) is 0 Å². The van der Waals surface area contributed by atoms with Crippen LogP contribution in [0.4, 0.5) is 4.39 Å². The van der Waals surface area contributed by atoms with Gasteiger partial charge >= 0.3 is 0 Å². The van der Waals surface area contributed by atoms with Crippen molar-refractivity contribution in [2.75, 3.05) is 32.7 Å². The van der Waals surface area contributed by atoms with E-state index in [1.165, 1.54) is 30.7 Å². The summed E-state index contributed by atoms with van der Waals surface area (Å²) >= 11 is 0. The first-order valence-corrected chi connectivity index (χ1v) is 9.65. The molecule has 26 heavy (non-hydrogen) atoms. The van der Waals surface area contributed by atoms with Gasteiger partial charge in [0.25, 0.3) is 5.91 Å². The zero-order valence-corrected chi connectivity index (χ0v) is 15.4. The Morgan fingerprint density at radius 3 is 2.46 bits per heavy atom. The fourth-order valence-corrected chi connectivity index (χ4v) is 4.03. The third-order valence-electron chi connectivity index (χ3n) is 5.66. The summed E-state index contributed by atoms with van der Waals surface area (Å²) in [7, 11) is 0. The summed E-state index contributed by atoms with van der Waals surface area (Å²) in [6.07, 6.45) is 3.72. The van der Waals surface area contributed by atoms with Crippen LogP contribution in [0.15, 0.2) is 24.3 Å². The number of amides is 2. The van der Waals surface area contributed by atoms with Crippen LogP contribution in [-0.2, 0) is 4.79 Å². The summed E-state index contributed by atoms with van der Waals surface area (Å²) in [5.74, 6) is -0.347. The van der Waals surface area contributed by atoms with Crippen molar-refractivity contribution in [2.24, 2.45) is 5.92 Å². The Morgan fingerprint density at radius 2 is 1.81 bits per heavy atom. The second kappa shape index (κ2) is 8.62. The summed E-state index contributed by atoms with van der Waals surface area (Å²) in [6, 6.07) is 6.09. The van der Waals surface area contributed by atoms with Crippen molar-refractivity contribution in [1.82, 2.24) is 15.1 Å². The number of halogens is 1. The van der Waals surface area contributed by atoms with Gasteiger partial charge < -0.3 is 10.2 Å². The Morgan fingerprint density at radius 1 is 1.12 bits per heavy atom. The number of benzene rings is 1. The van der Waals surface area contributed by atoms with E-state index in [0.29, 0.717) is 37.5 Å². The van der Waals surface area contributed by atoms with E-state index in [0.717, 1.165) is 26.1 Å². The number of likely N-dealkylation sites (tertiary alicyclic amines) is 2. The van der Waals surface area contributed by atoms with E-state index in [2.05, 4.69) is 17.1 Å². The number of hydrogen-bond donors (Lipinski definition) is 1. The maximum atomic E-state index is 13.0. The maximum absolute atomic E-state index is 13.0. The molecule has 1 aromatic rings. The minimum absolute atomic E-state index is 0.0243. The average molecular weight is 361 g/mol. The second-order valence-corrected chi connectivity index (χ2v) is 7.24. The maximum Gasteiger partial charge on any atom is 0.253 e. The highest BCUT2D eigenvalue weighted by Crippen LogP contribution is 2.20. The van der Waals surface area contributed by atoms with Crippen molar-refractivity contribution in [1.29, 1.82) is 0 Å². The third kappa shape index (κ3) is 4.41. The molecule has 2 aliphatic heterocycles. The van der Waals surface area contributed by atoms with Crippen molar-refractivity contribution >= 4 is 11.8 Å². The number of carbonyl (C=O) groups excluding carboxylic acids is 2. The number of likely N-dealkylation sites (N-methyl/N-ethyl adjacent to an activating group) is 1. The van der Waals surface area contributed by atoms with Gasteiger partial charge in [0.1, 0.15) is 5.82 Å². The third-order valence-corrected chi connectivity index (χ3v) is 5.66. The Hall–Kier alpha value is -1.95. The predicted molar refractivity (Wildman–Crippen MR) is 98.3 cm³/mol. The van der Waals surface area contributed by atoms with E-state index >= 15 is 0 Å². The summed E-state index contributed by atoms with van der Waals surface area (Å²) < 4.78 is 13.0. The van der Waals surface area contributed by atoms with Crippen molar-refractivity contribution in [3.05, 3.63) is 35.6 Å². The molecule has 0 spiro atoms. The number of rotatable bonds is 5. The second-order valence-electron chi connectivity index (χ2n) is 7.24. The van der Waals surface area contributed by atoms with E-state index in [4.69, 9.17) is 0 Å². The van der Waals surface area contributed by atoms with E-state index in [1.807, 2.05) is 0 Å². The summed E-state index contributed by atoms with van der Waals surface area (Å²) in [4.78, 5) is 29.1. The largest absolute Gasteiger partial charge is 0.354 e. The van der Waals surface area contributed by atoms with E-state index in [-0.39, 0.29) is 23.5 Å². The molecule has 0 bridgehead atoms. The van der Waals surface area contributed by atoms with Gasteiger partial charge in [-0.15, -0.1) is 0 Å². The molecule has 1 aromatic carbocycles. The van der Waals surface area contributed by atoms with Gasteiger partial charge in [-0.1, -0.05) is 6.92 Å². The van der Waals surface area contributed by atoms with Gasteiger partial charge in [-0.25, -0.2) is 4.39 Å². The molecule has 0 aliphatic carbocycles. The standard InChI is InChI=1S/C20H28FN3O2/c1-2-23-11-3-4-18(23)14-22-19(25)15-9-12-24(13-10-15)20(26)16-5-7-17(21)8-6-16/h5-8,15,18H,2-4,9-14H2,1H3,(H,22,25)/t18-/m1/s1. The smallest absolute Gasteiger partial charge is 0.253 e. The van der Waals surface area contributed by atoms with Gasteiger partial charge in [0.15, 0.2) is 0 Å². The van der Waals surface area contributed by atoms with Crippen LogP contribution in [-0.4, -0.2) is 60.4 Å². The molecule has 2 heterocycles. The van der Waals surface area contributed by atoms with Gasteiger partial charge in [-0.2, -0.15) is 0 Å². The minimum Gasteiger partial charge on any atom is -0.354 e. The Bertz CT molecular complexity index is 626. The molecule has 5 nitrogen and oxygen atoms in total. The van der Waals surface area contributed by atoms with Crippen LogP contribution in [0.2, 0.25) is 0 Å². The molecule has 1 atom stereocenters. The van der Waals surface area contributed by atoms with Crippen LogP contribution in [0.3, 0.4) is 0 Å². The van der Waals surface area contributed by atoms with Crippen LogP contribution >= 0.6 is 0 Å². The number of hydrogen-bond acceptors (Lipinski definition) is 3. The SMILES string of the molecule is CCN1CCC[C@@H]1CNC(=O)C1CCN(C(=O)c2ccc(F)cc2)CC1. The lowest BCUT2D eigenvalue weighted by molar-refractivity contribution is -0.126.